The van der Waals surface area contributed by atoms with Gasteiger partial charge in [-0.25, -0.2) is 4.79 Å². The summed E-state index contributed by atoms with van der Waals surface area (Å²) >= 11 is 0. The van der Waals surface area contributed by atoms with Crippen LogP contribution in [0.4, 0.5) is 0 Å². The molecule has 0 spiro atoms. The lowest BCUT2D eigenvalue weighted by Gasteiger charge is -1.98. The van der Waals surface area contributed by atoms with Crippen molar-refractivity contribution in [1.82, 2.24) is 15.1 Å². The van der Waals surface area contributed by atoms with Crippen molar-refractivity contribution in [1.29, 1.82) is 0 Å². The molecular weight excluding hydrogens is 186 g/mol. The lowest BCUT2D eigenvalue weighted by atomic mass is 10.4. The maximum Gasteiger partial charge on any atom is 0.358 e. The fourth-order valence-electron chi connectivity index (χ4n) is 0.889. The Labute approximate surface area is 80.8 Å². The molecule has 0 radical (unpaired) electrons. The van der Waals surface area contributed by atoms with E-state index >= 15 is 0 Å². The topological polar surface area (TPSA) is 73.2 Å². The Kier molecular flexibility index (Phi) is 3.22. The highest BCUT2D eigenvalue weighted by atomic mass is 16.5. The van der Waals surface area contributed by atoms with E-state index in [1.807, 2.05) is 0 Å². The third-order valence-electron chi connectivity index (χ3n) is 1.62. The molecular formula is C8H11N3O3. The fourth-order valence-corrected chi connectivity index (χ4v) is 0.889. The second-order valence-electron chi connectivity index (χ2n) is 2.56. The summed E-state index contributed by atoms with van der Waals surface area (Å²) in [6.45, 7) is 0.0908. The fraction of sp³-hybridized carbons (Fsp3) is 0.375. The number of esters is 1. The molecule has 1 heterocycles. The van der Waals surface area contributed by atoms with E-state index in [0.29, 0.717) is 0 Å². The molecule has 1 aromatic heterocycles. The number of aromatic nitrogens is 2. The Morgan fingerprint density at radius 1 is 1.64 bits per heavy atom. The van der Waals surface area contributed by atoms with Gasteiger partial charge >= 0.3 is 5.97 Å². The molecule has 0 saturated carbocycles. The number of hydrogen-bond donors (Lipinski definition) is 1. The molecule has 0 aliphatic heterocycles. The lowest BCUT2D eigenvalue weighted by Crippen LogP contribution is -2.23. The van der Waals surface area contributed by atoms with Gasteiger partial charge in [0.25, 0.3) is 0 Å². The van der Waals surface area contributed by atoms with Gasteiger partial charge in [0, 0.05) is 13.2 Å². The van der Waals surface area contributed by atoms with Gasteiger partial charge in [0.1, 0.15) is 6.54 Å². The van der Waals surface area contributed by atoms with Gasteiger partial charge < -0.3 is 10.1 Å². The van der Waals surface area contributed by atoms with Crippen LogP contribution in [0.15, 0.2) is 12.3 Å². The van der Waals surface area contributed by atoms with E-state index in [1.165, 1.54) is 24.9 Å². The molecule has 6 heteroatoms. The van der Waals surface area contributed by atoms with Crippen molar-refractivity contribution in [3.05, 3.63) is 18.0 Å². The molecule has 0 atom stereocenters. The van der Waals surface area contributed by atoms with Crippen LogP contribution < -0.4 is 5.32 Å². The molecule has 0 fully saturated rings. The number of hydrogen-bond acceptors (Lipinski definition) is 4. The van der Waals surface area contributed by atoms with Gasteiger partial charge in [-0.2, -0.15) is 5.10 Å². The maximum atomic E-state index is 11.0. The molecule has 1 rings (SSSR count). The van der Waals surface area contributed by atoms with Gasteiger partial charge in [-0.15, -0.1) is 0 Å². The Morgan fingerprint density at radius 3 is 2.93 bits per heavy atom. The van der Waals surface area contributed by atoms with Gasteiger partial charge in [0.2, 0.25) is 5.91 Å². The smallest absolute Gasteiger partial charge is 0.358 e. The minimum Gasteiger partial charge on any atom is -0.464 e. The summed E-state index contributed by atoms with van der Waals surface area (Å²) in [5.41, 5.74) is 0.191. The van der Waals surface area contributed by atoms with Crippen LogP contribution >= 0.6 is 0 Å². The average Bonchev–Trinajstić information content (AvgIpc) is 2.65. The van der Waals surface area contributed by atoms with Crippen molar-refractivity contribution in [2.24, 2.45) is 0 Å². The number of rotatable bonds is 3. The molecule has 0 bridgehead atoms. The second-order valence-corrected chi connectivity index (χ2v) is 2.56. The van der Waals surface area contributed by atoms with Crippen molar-refractivity contribution in [3.8, 4) is 0 Å². The minimum absolute atomic E-state index is 0.0908. The van der Waals surface area contributed by atoms with E-state index in [9.17, 15) is 9.59 Å². The van der Waals surface area contributed by atoms with E-state index in [0.717, 1.165) is 0 Å². The van der Waals surface area contributed by atoms with Crippen molar-refractivity contribution in [3.63, 3.8) is 0 Å². The van der Waals surface area contributed by atoms with Gasteiger partial charge in [-0.05, 0) is 6.07 Å². The average molecular weight is 197 g/mol. The monoisotopic (exact) mass is 197 g/mol. The molecule has 0 aliphatic rings. The van der Waals surface area contributed by atoms with Gasteiger partial charge in [-0.1, -0.05) is 0 Å². The van der Waals surface area contributed by atoms with Crippen molar-refractivity contribution >= 4 is 11.9 Å². The molecule has 1 N–H and O–H groups in total. The van der Waals surface area contributed by atoms with E-state index in [1.54, 1.807) is 6.20 Å². The number of likely N-dealkylation sites (N-methyl/N-ethyl adjacent to an activating group) is 1. The largest absolute Gasteiger partial charge is 0.464 e. The molecule has 6 nitrogen and oxygen atoms in total. The number of nitrogens with one attached hydrogen (secondary N) is 1. The van der Waals surface area contributed by atoms with Crippen molar-refractivity contribution < 1.29 is 14.3 Å². The Hall–Kier alpha value is -1.85. The first-order valence-electron chi connectivity index (χ1n) is 3.99. The highest BCUT2D eigenvalue weighted by Crippen LogP contribution is 1.97. The Morgan fingerprint density at radius 2 is 2.36 bits per heavy atom. The second kappa shape index (κ2) is 4.40. The summed E-state index contributed by atoms with van der Waals surface area (Å²) in [5.74, 6) is -0.690. The molecule has 76 valence electrons. The third-order valence-corrected chi connectivity index (χ3v) is 1.62. The number of nitrogens with zero attached hydrogens (tertiary/aromatic N) is 2. The molecule has 14 heavy (non-hydrogen) atoms. The normalized spacial score (nSPS) is 9.57. The molecule has 0 aromatic carbocycles. The SMILES string of the molecule is CNC(=O)Cn1ccc(C(=O)OC)n1. The summed E-state index contributed by atoms with van der Waals surface area (Å²) in [5, 5.41) is 6.30. The van der Waals surface area contributed by atoms with Crippen LogP contribution in [0.5, 0.6) is 0 Å². The van der Waals surface area contributed by atoms with E-state index in [-0.39, 0.29) is 18.1 Å². The number of carbonyl (C=O) groups excluding carboxylic acids is 2. The summed E-state index contributed by atoms with van der Waals surface area (Å²) in [4.78, 5) is 21.9. The highest BCUT2D eigenvalue weighted by molar-refractivity contribution is 5.87. The van der Waals surface area contributed by atoms with E-state index < -0.39 is 5.97 Å². The Bertz CT molecular complexity index is 345. The highest BCUT2D eigenvalue weighted by Gasteiger charge is 2.09. The molecule has 0 unspecified atom stereocenters. The van der Waals surface area contributed by atoms with Crippen LogP contribution in [0.1, 0.15) is 10.5 Å². The van der Waals surface area contributed by atoms with Crippen LogP contribution in [-0.2, 0) is 16.1 Å². The predicted octanol–water partition coefficient (Wildman–Crippen LogP) is -0.584. The maximum absolute atomic E-state index is 11.0. The predicted molar refractivity (Wildman–Crippen MR) is 47.6 cm³/mol. The molecule has 0 aliphatic carbocycles. The number of methoxy groups -OCH3 is 1. The number of ether oxygens (including phenoxy) is 1. The zero-order valence-corrected chi connectivity index (χ0v) is 7.98. The van der Waals surface area contributed by atoms with Crippen LogP contribution in [0.25, 0.3) is 0 Å². The van der Waals surface area contributed by atoms with Crippen LogP contribution in [0, 0.1) is 0 Å². The Balaban J connectivity index is 2.68. The minimum atomic E-state index is -0.513. The standard InChI is InChI=1S/C8H11N3O3/c1-9-7(12)5-11-4-3-6(10-11)8(13)14-2/h3-4H,5H2,1-2H3,(H,9,12). The third kappa shape index (κ3) is 2.32. The first kappa shape index (κ1) is 10.2. The first-order chi connectivity index (χ1) is 6.67. The first-order valence-corrected chi connectivity index (χ1v) is 3.99. The van der Waals surface area contributed by atoms with Crippen LogP contribution in [0.2, 0.25) is 0 Å². The van der Waals surface area contributed by atoms with Crippen LogP contribution in [0.3, 0.4) is 0 Å². The molecule has 1 aromatic rings. The van der Waals surface area contributed by atoms with E-state index in [2.05, 4.69) is 15.2 Å². The van der Waals surface area contributed by atoms with Gasteiger partial charge in [0.15, 0.2) is 5.69 Å². The van der Waals surface area contributed by atoms with E-state index in [4.69, 9.17) is 0 Å². The number of carbonyl (C=O) groups is 2. The summed E-state index contributed by atoms with van der Waals surface area (Å²) in [6, 6.07) is 1.49. The summed E-state index contributed by atoms with van der Waals surface area (Å²) in [6.07, 6.45) is 1.54. The number of amides is 1. The molecule has 1 amide bonds. The summed E-state index contributed by atoms with van der Waals surface area (Å²) < 4.78 is 5.83. The van der Waals surface area contributed by atoms with Crippen molar-refractivity contribution in [2.75, 3.05) is 14.2 Å². The quantitative estimate of drug-likeness (QED) is 0.658. The van der Waals surface area contributed by atoms with Crippen molar-refractivity contribution in [2.45, 2.75) is 6.54 Å². The summed E-state index contributed by atoms with van der Waals surface area (Å²) in [7, 11) is 2.81. The van der Waals surface area contributed by atoms with Gasteiger partial charge in [0.05, 0.1) is 7.11 Å². The van der Waals surface area contributed by atoms with Crippen LogP contribution in [-0.4, -0.2) is 35.8 Å². The zero-order valence-electron chi connectivity index (χ0n) is 7.98. The lowest BCUT2D eigenvalue weighted by molar-refractivity contribution is -0.121. The zero-order chi connectivity index (χ0) is 10.6. The molecule has 0 saturated heterocycles. The van der Waals surface area contributed by atoms with Gasteiger partial charge in [-0.3, -0.25) is 9.48 Å².